The summed E-state index contributed by atoms with van der Waals surface area (Å²) in [6, 6.07) is 0. The van der Waals surface area contributed by atoms with Gasteiger partial charge < -0.3 is 34.6 Å². The highest BCUT2D eigenvalue weighted by Gasteiger charge is 2.66. The second kappa shape index (κ2) is 8.86. The maximum Gasteiger partial charge on any atom is 0.331 e. The van der Waals surface area contributed by atoms with Gasteiger partial charge in [0.1, 0.15) is 24.9 Å². The van der Waals surface area contributed by atoms with E-state index in [1.54, 1.807) is 13.0 Å². The van der Waals surface area contributed by atoms with Crippen molar-refractivity contribution in [1.82, 2.24) is 0 Å². The van der Waals surface area contributed by atoms with Gasteiger partial charge in [-0.2, -0.15) is 0 Å². The summed E-state index contributed by atoms with van der Waals surface area (Å²) < 4.78 is 17.1. The fourth-order valence-corrected chi connectivity index (χ4v) is 9.21. The molecule has 0 amide bonds. The predicted molar refractivity (Wildman–Crippen MR) is 133 cm³/mol. The molecule has 3 saturated carbocycles. The molecule has 8 heteroatoms. The van der Waals surface area contributed by atoms with Crippen LogP contribution in [0.15, 0.2) is 23.3 Å². The molecule has 1 saturated heterocycles. The normalized spacial score (nSPS) is 53.5. The Kier molecular flexibility index (Phi) is 6.22. The first kappa shape index (κ1) is 26.0. The number of carbonyl (C=O) groups excluding carboxylic acids is 1. The van der Waals surface area contributed by atoms with Crippen LogP contribution in [0.2, 0.25) is 0 Å². The van der Waals surface area contributed by atoms with Crippen molar-refractivity contribution in [2.75, 3.05) is 6.61 Å². The minimum absolute atomic E-state index is 0.0152. The van der Waals surface area contributed by atoms with E-state index in [1.165, 1.54) is 5.57 Å². The number of carbonyl (C=O) groups is 1. The summed E-state index contributed by atoms with van der Waals surface area (Å²) in [5, 5.41) is 42.9. The van der Waals surface area contributed by atoms with Gasteiger partial charge in [0.25, 0.3) is 0 Å². The standard InChI is InChI=1S/C29H42O8/c1-15-23(31)24(32)25(33)26(36-15)37-18-6-9-27(2)17(13-18)4-5-21-20(27)7-10-28(3)19(8-11-29(21,28)34)16-12-22(30)35-14-16/h4,12,15,18-21,23-26,31-34H,5-11,13-14H2,1-3H3/t15?,18-,19+,20-,21+,23-,24?,25?,26+,27-,28+,29-/m0/s1. The van der Waals surface area contributed by atoms with Crippen molar-refractivity contribution in [3.8, 4) is 0 Å². The Morgan fingerprint density at radius 2 is 1.78 bits per heavy atom. The van der Waals surface area contributed by atoms with Crippen LogP contribution in [0.1, 0.15) is 72.1 Å². The van der Waals surface area contributed by atoms with Crippen molar-refractivity contribution in [2.45, 2.75) is 115 Å². The first-order valence-corrected chi connectivity index (χ1v) is 14.1. The molecule has 2 heterocycles. The second-order valence-corrected chi connectivity index (χ2v) is 13.1. The van der Waals surface area contributed by atoms with Crippen LogP contribution in [-0.4, -0.2) is 75.4 Å². The number of esters is 1. The number of cyclic esters (lactones) is 1. The van der Waals surface area contributed by atoms with Crippen LogP contribution in [0, 0.1) is 28.6 Å². The number of hydrogen-bond donors (Lipinski definition) is 4. The van der Waals surface area contributed by atoms with E-state index in [1.807, 2.05) is 0 Å². The van der Waals surface area contributed by atoms with Crippen LogP contribution < -0.4 is 0 Å². The molecule has 3 unspecified atom stereocenters. The van der Waals surface area contributed by atoms with Gasteiger partial charge in [-0.15, -0.1) is 0 Å². The van der Waals surface area contributed by atoms with Gasteiger partial charge in [0, 0.05) is 11.5 Å². The van der Waals surface area contributed by atoms with Crippen molar-refractivity contribution in [3.05, 3.63) is 23.3 Å². The monoisotopic (exact) mass is 518 g/mol. The molecule has 4 fully saturated rings. The molecule has 37 heavy (non-hydrogen) atoms. The van der Waals surface area contributed by atoms with E-state index in [2.05, 4.69) is 19.9 Å². The predicted octanol–water partition coefficient (Wildman–Crippen LogP) is 2.38. The number of aliphatic hydroxyl groups excluding tert-OH is 3. The van der Waals surface area contributed by atoms with Gasteiger partial charge in [0.05, 0.1) is 17.8 Å². The molecular formula is C29H42O8. The van der Waals surface area contributed by atoms with E-state index in [4.69, 9.17) is 14.2 Å². The van der Waals surface area contributed by atoms with Gasteiger partial charge in [-0.3, -0.25) is 0 Å². The van der Waals surface area contributed by atoms with Gasteiger partial charge in [0.2, 0.25) is 0 Å². The summed E-state index contributed by atoms with van der Waals surface area (Å²) in [7, 11) is 0. The molecule has 4 aliphatic carbocycles. The lowest BCUT2D eigenvalue weighted by Gasteiger charge is -2.61. The molecule has 0 aromatic carbocycles. The lowest BCUT2D eigenvalue weighted by molar-refractivity contribution is -0.306. The summed E-state index contributed by atoms with van der Waals surface area (Å²) in [6.45, 7) is 6.62. The van der Waals surface area contributed by atoms with Crippen molar-refractivity contribution in [2.24, 2.45) is 28.6 Å². The van der Waals surface area contributed by atoms with Crippen LogP contribution in [0.5, 0.6) is 0 Å². The number of ether oxygens (including phenoxy) is 3. The van der Waals surface area contributed by atoms with Crippen LogP contribution in [0.3, 0.4) is 0 Å². The largest absolute Gasteiger partial charge is 0.458 e. The van der Waals surface area contributed by atoms with E-state index >= 15 is 0 Å². The van der Waals surface area contributed by atoms with Crippen molar-refractivity contribution < 1.29 is 39.4 Å². The lowest BCUT2D eigenvalue weighted by Crippen LogP contribution is -2.61. The van der Waals surface area contributed by atoms with Gasteiger partial charge >= 0.3 is 5.97 Å². The summed E-state index contributed by atoms with van der Waals surface area (Å²) in [5.74, 6) is 0.493. The molecule has 2 aliphatic heterocycles. The lowest BCUT2D eigenvalue weighted by atomic mass is 9.45. The quantitative estimate of drug-likeness (QED) is 0.332. The zero-order valence-electron chi connectivity index (χ0n) is 22.1. The Hall–Kier alpha value is -1.29. The highest BCUT2D eigenvalue weighted by Crippen LogP contribution is 2.69. The topological polar surface area (TPSA) is 126 Å². The third-order valence-electron chi connectivity index (χ3n) is 11.5. The van der Waals surface area contributed by atoms with Crippen molar-refractivity contribution in [3.63, 3.8) is 0 Å². The van der Waals surface area contributed by atoms with Gasteiger partial charge in [-0.05, 0) is 87.0 Å². The third kappa shape index (κ3) is 3.74. The summed E-state index contributed by atoms with van der Waals surface area (Å²) in [6.07, 6.45) is 5.48. The molecule has 6 rings (SSSR count). The van der Waals surface area contributed by atoms with Crippen LogP contribution in [-0.2, 0) is 19.0 Å². The van der Waals surface area contributed by atoms with Crippen LogP contribution in [0.25, 0.3) is 0 Å². The number of fused-ring (bicyclic) bond motifs is 5. The Balaban J connectivity index is 1.19. The molecule has 4 N–H and O–H groups in total. The summed E-state index contributed by atoms with van der Waals surface area (Å²) >= 11 is 0. The average molecular weight is 519 g/mol. The van der Waals surface area contributed by atoms with Crippen LogP contribution >= 0.6 is 0 Å². The minimum atomic E-state index is -1.30. The molecule has 0 bridgehead atoms. The number of hydrogen-bond acceptors (Lipinski definition) is 8. The molecule has 0 aromatic rings. The summed E-state index contributed by atoms with van der Waals surface area (Å²) in [4.78, 5) is 11.8. The van der Waals surface area contributed by atoms with E-state index in [9.17, 15) is 25.2 Å². The van der Waals surface area contributed by atoms with Gasteiger partial charge in [-0.1, -0.05) is 25.5 Å². The first-order chi connectivity index (χ1) is 17.5. The van der Waals surface area contributed by atoms with Gasteiger partial charge in [0.15, 0.2) is 6.29 Å². The zero-order valence-corrected chi connectivity index (χ0v) is 22.1. The second-order valence-electron chi connectivity index (χ2n) is 13.1. The highest BCUT2D eigenvalue weighted by molar-refractivity contribution is 5.85. The molecule has 8 nitrogen and oxygen atoms in total. The molecule has 0 spiro atoms. The Morgan fingerprint density at radius 1 is 1.00 bits per heavy atom. The average Bonchev–Trinajstić information content (AvgIpc) is 3.41. The van der Waals surface area contributed by atoms with Crippen LogP contribution in [0.4, 0.5) is 0 Å². The fourth-order valence-electron chi connectivity index (χ4n) is 9.21. The smallest absolute Gasteiger partial charge is 0.331 e. The Labute approximate surface area is 218 Å². The Morgan fingerprint density at radius 3 is 2.51 bits per heavy atom. The van der Waals surface area contributed by atoms with E-state index in [-0.39, 0.29) is 34.7 Å². The summed E-state index contributed by atoms with van der Waals surface area (Å²) in [5.41, 5.74) is 1.38. The molecule has 6 aliphatic rings. The fraction of sp³-hybridized carbons (Fsp3) is 0.828. The minimum Gasteiger partial charge on any atom is -0.458 e. The number of aliphatic hydroxyl groups is 4. The molecular weight excluding hydrogens is 476 g/mol. The molecule has 206 valence electrons. The van der Waals surface area contributed by atoms with E-state index in [0.29, 0.717) is 12.5 Å². The van der Waals surface area contributed by atoms with Gasteiger partial charge in [-0.25, -0.2) is 4.79 Å². The zero-order chi connectivity index (χ0) is 26.3. The first-order valence-electron chi connectivity index (χ1n) is 14.1. The van der Waals surface area contributed by atoms with Crippen molar-refractivity contribution >= 4 is 5.97 Å². The van der Waals surface area contributed by atoms with E-state index < -0.39 is 36.3 Å². The SMILES string of the molecule is CC1O[C@H](O[C@H]2CC[C@@]3(C)C(=CC[C@@H]4[C@@H]3CC[C@]3(C)[C@@H](C5=CC(=O)OC5)CC[C@]43O)C2)C(O)C(O)[C@H]1O. The number of rotatable bonds is 3. The van der Waals surface area contributed by atoms with E-state index in [0.717, 1.165) is 56.9 Å². The molecule has 0 aromatic heterocycles. The number of allylic oxidation sites excluding steroid dienone is 1. The molecule has 12 atom stereocenters. The maximum absolute atomic E-state index is 12.3. The highest BCUT2D eigenvalue weighted by atomic mass is 16.7. The Bertz CT molecular complexity index is 1010. The molecule has 0 radical (unpaired) electrons. The third-order valence-corrected chi connectivity index (χ3v) is 11.5. The maximum atomic E-state index is 12.3. The van der Waals surface area contributed by atoms with Crippen molar-refractivity contribution in [1.29, 1.82) is 0 Å².